The largest absolute Gasteiger partial charge is 0.486 e. The Kier molecular flexibility index (Phi) is 2.10. The van der Waals surface area contributed by atoms with Gasteiger partial charge in [-0.1, -0.05) is 12.7 Å². The topological polar surface area (TPSA) is 27.1 Å². The molecule has 1 aromatic rings. The molecule has 1 aromatic heterocycles. The van der Waals surface area contributed by atoms with Gasteiger partial charge in [-0.05, 0) is 0 Å². The molecule has 0 bridgehead atoms. The zero-order valence-electron chi connectivity index (χ0n) is 5.95. The number of aryl methyl sites for hydroxylation is 1. The number of aromatic nitrogens is 2. The maximum Gasteiger partial charge on any atom is 0.157 e. The molecule has 3 nitrogen and oxygen atoms in total. The van der Waals surface area contributed by atoms with Crippen molar-refractivity contribution < 1.29 is 4.74 Å². The van der Waals surface area contributed by atoms with Gasteiger partial charge in [-0.3, -0.25) is 4.68 Å². The summed E-state index contributed by atoms with van der Waals surface area (Å²) in [6, 6.07) is 0. The quantitative estimate of drug-likeness (QED) is 0.582. The molecule has 1 rings (SSSR count). The number of hydrogen-bond donors (Lipinski definition) is 0. The molecule has 0 fully saturated rings. The Morgan fingerprint density at radius 1 is 1.90 bits per heavy atom. The highest BCUT2D eigenvalue weighted by Crippen LogP contribution is 2.05. The van der Waals surface area contributed by atoms with E-state index in [-0.39, 0.29) is 0 Å². The van der Waals surface area contributed by atoms with E-state index >= 15 is 0 Å². The summed E-state index contributed by atoms with van der Waals surface area (Å²) in [5.74, 6) is 0.780. The van der Waals surface area contributed by atoms with Crippen LogP contribution >= 0.6 is 0 Å². The molecular formula is C7H10N2O. The van der Waals surface area contributed by atoms with Crippen molar-refractivity contribution in [2.24, 2.45) is 7.05 Å². The second kappa shape index (κ2) is 3.06. The summed E-state index contributed by atoms with van der Waals surface area (Å²) in [6.45, 7) is 4.06. The van der Waals surface area contributed by atoms with Gasteiger partial charge in [0.05, 0.1) is 12.4 Å². The molecule has 0 radical (unpaired) electrons. The van der Waals surface area contributed by atoms with Crippen LogP contribution in [0.1, 0.15) is 0 Å². The first-order chi connectivity index (χ1) is 4.83. The molecule has 0 amide bonds. The Labute approximate surface area is 59.9 Å². The first kappa shape index (κ1) is 6.86. The number of hydrogen-bond acceptors (Lipinski definition) is 2. The zero-order valence-corrected chi connectivity index (χ0v) is 5.95. The Hall–Kier alpha value is -1.25. The smallest absolute Gasteiger partial charge is 0.157 e. The lowest BCUT2D eigenvalue weighted by molar-refractivity contribution is 0.363. The lowest BCUT2D eigenvalue weighted by Gasteiger charge is -1.94. The predicted molar refractivity (Wildman–Crippen MR) is 38.9 cm³/mol. The highest BCUT2D eigenvalue weighted by molar-refractivity contribution is 5.11. The first-order valence-corrected chi connectivity index (χ1v) is 3.05. The molecule has 54 valence electrons. The Morgan fingerprint density at radius 2 is 2.70 bits per heavy atom. The molecule has 10 heavy (non-hydrogen) atoms. The fourth-order valence-electron chi connectivity index (χ4n) is 0.628. The molecule has 1 heterocycles. The van der Waals surface area contributed by atoms with Gasteiger partial charge < -0.3 is 4.74 Å². The van der Waals surface area contributed by atoms with Crippen LogP contribution in [0.4, 0.5) is 0 Å². The highest BCUT2D eigenvalue weighted by atomic mass is 16.5. The summed E-state index contributed by atoms with van der Waals surface area (Å²) in [5.41, 5.74) is 0. The minimum absolute atomic E-state index is 0.533. The molecule has 0 atom stereocenters. The number of nitrogens with zero attached hydrogens (tertiary/aromatic N) is 2. The average Bonchev–Trinajstić information content (AvgIpc) is 2.31. The van der Waals surface area contributed by atoms with E-state index < -0.39 is 0 Å². The monoisotopic (exact) mass is 138 g/mol. The summed E-state index contributed by atoms with van der Waals surface area (Å²) in [6.07, 6.45) is 5.18. The fourth-order valence-corrected chi connectivity index (χ4v) is 0.628. The van der Waals surface area contributed by atoms with Gasteiger partial charge in [0, 0.05) is 7.05 Å². The molecular weight excluding hydrogens is 128 g/mol. The van der Waals surface area contributed by atoms with Crippen molar-refractivity contribution in [3.63, 3.8) is 0 Å². The SMILES string of the molecule is C=CCOc1cnn(C)c1. The molecule has 0 aliphatic rings. The van der Waals surface area contributed by atoms with Crippen LogP contribution < -0.4 is 4.74 Å². The second-order valence-electron chi connectivity index (χ2n) is 1.95. The second-order valence-corrected chi connectivity index (χ2v) is 1.95. The average molecular weight is 138 g/mol. The van der Waals surface area contributed by atoms with Gasteiger partial charge in [0.2, 0.25) is 0 Å². The summed E-state index contributed by atoms with van der Waals surface area (Å²) < 4.78 is 6.87. The molecule has 3 heteroatoms. The van der Waals surface area contributed by atoms with Gasteiger partial charge >= 0.3 is 0 Å². The molecule has 0 spiro atoms. The van der Waals surface area contributed by atoms with Gasteiger partial charge in [0.25, 0.3) is 0 Å². The molecule has 0 aliphatic carbocycles. The van der Waals surface area contributed by atoms with Crippen LogP contribution in [0, 0.1) is 0 Å². The van der Waals surface area contributed by atoms with Gasteiger partial charge in [0.15, 0.2) is 5.75 Å². The van der Waals surface area contributed by atoms with Crippen LogP contribution in [0.3, 0.4) is 0 Å². The normalized spacial score (nSPS) is 9.30. The van der Waals surface area contributed by atoms with Gasteiger partial charge in [-0.25, -0.2) is 0 Å². The standard InChI is InChI=1S/C7H10N2O/c1-3-4-10-7-5-8-9(2)6-7/h3,5-6H,1,4H2,2H3. The summed E-state index contributed by atoms with van der Waals surface area (Å²) >= 11 is 0. The lowest BCUT2D eigenvalue weighted by atomic mass is 10.6. The third kappa shape index (κ3) is 1.62. The van der Waals surface area contributed by atoms with Crippen LogP contribution in [-0.4, -0.2) is 16.4 Å². The van der Waals surface area contributed by atoms with Crippen molar-refractivity contribution >= 4 is 0 Å². The van der Waals surface area contributed by atoms with Gasteiger partial charge in [-0.2, -0.15) is 5.10 Å². The van der Waals surface area contributed by atoms with E-state index in [2.05, 4.69) is 11.7 Å². The minimum atomic E-state index is 0.533. The van der Waals surface area contributed by atoms with Crippen molar-refractivity contribution in [2.45, 2.75) is 0 Å². The molecule has 0 saturated carbocycles. The van der Waals surface area contributed by atoms with E-state index in [0.717, 1.165) is 5.75 Å². The van der Waals surface area contributed by atoms with Crippen molar-refractivity contribution in [2.75, 3.05) is 6.61 Å². The van der Waals surface area contributed by atoms with Crippen LogP contribution in [-0.2, 0) is 7.05 Å². The zero-order chi connectivity index (χ0) is 7.40. The predicted octanol–water partition coefficient (Wildman–Crippen LogP) is 0.985. The van der Waals surface area contributed by atoms with Crippen molar-refractivity contribution in [1.29, 1.82) is 0 Å². The fraction of sp³-hybridized carbons (Fsp3) is 0.286. The van der Waals surface area contributed by atoms with E-state index in [0.29, 0.717) is 6.61 Å². The number of rotatable bonds is 3. The third-order valence-electron chi connectivity index (χ3n) is 1.05. The Bertz CT molecular complexity index is 217. The molecule has 0 aliphatic heterocycles. The van der Waals surface area contributed by atoms with Gasteiger partial charge in [-0.15, -0.1) is 0 Å². The first-order valence-electron chi connectivity index (χ1n) is 3.05. The maximum atomic E-state index is 5.17. The van der Waals surface area contributed by atoms with Crippen LogP contribution in [0.15, 0.2) is 25.0 Å². The van der Waals surface area contributed by atoms with E-state index in [1.54, 1.807) is 17.0 Å². The minimum Gasteiger partial charge on any atom is -0.486 e. The van der Waals surface area contributed by atoms with Crippen LogP contribution in [0.2, 0.25) is 0 Å². The maximum absolute atomic E-state index is 5.17. The van der Waals surface area contributed by atoms with E-state index in [4.69, 9.17) is 4.74 Å². The molecule has 0 aromatic carbocycles. The highest BCUT2D eigenvalue weighted by Gasteiger charge is 1.92. The molecule has 0 saturated heterocycles. The van der Waals surface area contributed by atoms with Crippen LogP contribution in [0.25, 0.3) is 0 Å². The Balaban J connectivity index is 2.49. The van der Waals surface area contributed by atoms with E-state index in [9.17, 15) is 0 Å². The Morgan fingerprint density at radius 3 is 3.20 bits per heavy atom. The van der Waals surface area contributed by atoms with Crippen LogP contribution in [0.5, 0.6) is 5.75 Å². The van der Waals surface area contributed by atoms with Crippen molar-refractivity contribution in [3.05, 3.63) is 25.0 Å². The van der Waals surface area contributed by atoms with Gasteiger partial charge in [0.1, 0.15) is 6.61 Å². The number of ether oxygens (including phenoxy) is 1. The third-order valence-corrected chi connectivity index (χ3v) is 1.05. The van der Waals surface area contributed by atoms with E-state index in [1.165, 1.54) is 0 Å². The van der Waals surface area contributed by atoms with Crippen molar-refractivity contribution in [3.8, 4) is 5.75 Å². The molecule has 0 N–H and O–H groups in total. The molecule has 0 unspecified atom stereocenters. The van der Waals surface area contributed by atoms with E-state index in [1.807, 2.05) is 13.2 Å². The summed E-state index contributed by atoms with van der Waals surface area (Å²) in [5, 5.41) is 3.93. The summed E-state index contributed by atoms with van der Waals surface area (Å²) in [7, 11) is 1.85. The lowest BCUT2D eigenvalue weighted by Crippen LogP contribution is -1.90. The van der Waals surface area contributed by atoms with Crippen molar-refractivity contribution in [1.82, 2.24) is 9.78 Å². The summed E-state index contributed by atoms with van der Waals surface area (Å²) in [4.78, 5) is 0.